The summed E-state index contributed by atoms with van der Waals surface area (Å²) in [5, 5.41) is 7.00. The molecule has 1 aliphatic carbocycles. The molecular weight excluding hydrogens is 87.0 g/mol. The summed E-state index contributed by atoms with van der Waals surface area (Å²) in [7, 11) is 1.00. The molecule has 0 atom stereocenters. The molecular formula is C4H9NaO. The Labute approximate surface area is 61.0 Å². The quantitative estimate of drug-likeness (QED) is 0.263. The zero-order valence-electron chi connectivity index (χ0n) is 4.44. The molecule has 0 aromatic heterocycles. The van der Waals surface area contributed by atoms with Crippen LogP contribution in [0.15, 0.2) is 0 Å². The first-order chi connectivity index (χ1) is 2.50. The molecule has 0 aromatic rings. The average Bonchev–Trinajstić information content (AvgIpc) is 2.19. The maximum absolute atomic E-state index is 7.00. The van der Waals surface area contributed by atoms with Crippen molar-refractivity contribution in [2.45, 2.75) is 12.8 Å². The summed E-state index contributed by atoms with van der Waals surface area (Å²) in [5.41, 5.74) is 0. The number of aliphatic hydroxyl groups is 1. The van der Waals surface area contributed by atoms with Gasteiger partial charge in [0.25, 0.3) is 0 Å². The monoisotopic (exact) mass is 96.1 g/mol. The molecule has 2 heteroatoms. The van der Waals surface area contributed by atoms with Crippen LogP contribution < -0.4 is 29.6 Å². The van der Waals surface area contributed by atoms with E-state index in [0.29, 0.717) is 0 Å². The Morgan fingerprint density at radius 3 is 1.50 bits per heavy atom. The van der Waals surface area contributed by atoms with E-state index in [1.807, 2.05) is 0 Å². The fourth-order valence-electron chi connectivity index (χ4n) is 0. The van der Waals surface area contributed by atoms with E-state index in [0.717, 1.165) is 7.11 Å². The molecule has 1 N–H and O–H groups in total. The topological polar surface area (TPSA) is 20.2 Å². The van der Waals surface area contributed by atoms with E-state index in [1.165, 1.54) is 12.8 Å². The summed E-state index contributed by atoms with van der Waals surface area (Å²) >= 11 is 0. The van der Waals surface area contributed by atoms with E-state index in [4.69, 9.17) is 5.11 Å². The van der Waals surface area contributed by atoms with Crippen molar-refractivity contribution in [1.29, 1.82) is 0 Å². The van der Waals surface area contributed by atoms with E-state index in [2.05, 4.69) is 6.42 Å². The first-order valence-corrected chi connectivity index (χ1v) is 1.76. The Morgan fingerprint density at radius 2 is 1.50 bits per heavy atom. The van der Waals surface area contributed by atoms with Gasteiger partial charge in [-0.05, 0) is 0 Å². The fraction of sp³-hybridized carbons (Fsp3) is 0.750. The van der Waals surface area contributed by atoms with Gasteiger partial charge in [-0.3, -0.25) is 0 Å². The van der Waals surface area contributed by atoms with Crippen LogP contribution in [0.25, 0.3) is 0 Å². The molecule has 0 amide bonds. The van der Waals surface area contributed by atoms with E-state index in [-0.39, 0.29) is 29.6 Å². The molecule has 1 rings (SSSR count). The van der Waals surface area contributed by atoms with Crippen LogP contribution in [-0.2, 0) is 0 Å². The standard InChI is InChI=1S/C3H5.CH4O.Na/c1-2-3-1;1-2;/h1H,2-3H2;2H,1H3;/q-1;;+1. The summed E-state index contributed by atoms with van der Waals surface area (Å²) in [6, 6.07) is 0. The molecule has 0 aliphatic heterocycles. The summed E-state index contributed by atoms with van der Waals surface area (Å²) in [5.74, 6) is 0. The summed E-state index contributed by atoms with van der Waals surface area (Å²) in [6.45, 7) is 0. The van der Waals surface area contributed by atoms with E-state index in [1.54, 1.807) is 0 Å². The van der Waals surface area contributed by atoms with Gasteiger partial charge in [0.05, 0.1) is 0 Å². The maximum Gasteiger partial charge on any atom is 1.00 e. The van der Waals surface area contributed by atoms with Crippen LogP contribution in [0.5, 0.6) is 0 Å². The smallest absolute Gasteiger partial charge is 0.400 e. The normalized spacial score (nSPS) is 13.0. The third-order valence-corrected chi connectivity index (χ3v) is 0.289. The van der Waals surface area contributed by atoms with Crippen molar-refractivity contribution in [2.75, 3.05) is 7.11 Å². The van der Waals surface area contributed by atoms with Gasteiger partial charge in [-0.25, -0.2) is 12.8 Å². The summed E-state index contributed by atoms with van der Waals surface area (Å²) in [6.07, 6.45) is 5.00. The third-order valence-electron chi connectivity index (χ3n) is 0.289. The predicted octanol–water partition coefficient (Wildman–Crippen LogP) is -2.40. The zero-order valence-corrected chi connectivity index (χ0v) is 6.44. The van der Waals surface area contributed by atoms with Crippen LogP contribution in [-0.4, -0.2) is 12.2 Å². The molecule has 0 spiro atoms. The van der Waals surface area contributed by atoms with Crippen LogP contribution in [0.2, 0.25) is 0 Å². The Morgan fingerprint density at radius 1 is 1.33 bits per heavy atom. The minimum Gasteiger partial charge on any atom is -0.400 e. The number of rotatable bonds is 0. The Bertz CT molecular complexity index is 12.3. The maximum atomic E-state index is 7.00. The second-order valence-electron chi connectivity index (χ2n) is 0.866. The van der Waals surface area contributed by atoms with Crippen LogP contribution in [0, 0.1) is 6.42 Å². The molecule has 0 aromatic carbocycles. The molecule has 0 saturated heterocycles. The molecule has 0 heterocycles. The minimum absolute atomic E-state index is 0. The predicted molar refractivity (Wildman–Crippen MR) is 21.7 cm³/mol. The molecule has 0 unspecified atom stereocenters. The van der Waals surface area contributed by atoms with E-state index in [9.17, 15) is 0 Å². The van der Waals surface area contributed by atoms with E-state index >= 15 is 0 Å². The van der Waals surface area contributed by atoms with Crippen molar-refractivity contribution < 1.29 is 34.7 Å². The Balaban J connectivity index is 0. The summed E-state index contributed by atoms with van der Waals surface area (Å²) in [4.78, 5) is 0. The molecule has 1 aliphatic rings. The van der Waals surface area contributed by atoms with E-state index < -0.39 is 0 Å². The first-order valence-electron chi connectivity index (χ1n) is 1.76. The molecule has 32 valence electrons. The van der Waals surface area contributed by atoms with Crippen molar-refractivity contribution in [3.63, 3.8) is 0 Å². The van der Waals surface area contributed by atoms with Gasteiger partial charge in [0.2, 0.25) is 0 Å². The summed E-state index contributed by atoms with van der Waals surface area (Å²) < 4.78 is 0. The van der Waals surface area contributed by atoms with Crippen molar-refractivity contribution in [1.82, 2.24) is 0 Å². The van der Waals surface area contributed by atoms with Gasteiger partial charge >= 0.3 is 29.6 Å². The van der Waals surface area contributed by atoms with Gasteiger partial charge < -0.3 is 11.5 Å². The van der Waals surface area contributed by atoms with Crippen molar-refractivity contribution in [2.24, 2.45) is 0 Å². The van der Waals surface area contributed by atoms with Gasteiger partial charge in [0.1, 0.15) is 0 Å². The second-order valence-corrected chi connectivity index (χ2v) is 0.866. The van der Waals surface area contributed by atoms with Crippen LogP contribution in [0.1, 0.15) is 12.8 Å². The molecule has 6 heavy (non-hydrogen) atoms. The number of hydrogen-bond acceptors (Lipinski definition) is 1. The minimum atomic E-state index is 0. The van der Waals surface area contributed by atoms with Gasteiger partial charge in [0.15, 0.2) is 0 Å². The fourth-order valence-corrected chi connectivity index (χ4v) is 0. The van der Waals surface area contributed by atoms with Crippen molar-refractivity contribution in [3.05, 3.63) is 6.42 Å². The average molecular weight is 96.1 g/mol. The molecule has 0 bridgehead atoms. The first kappa shape index (κ1) is 10.0. The molecule has 1 nitrogen and oxygen atoms in total. The second kappa shape index (κ2) is 9.35. The van der Waals surface area contributed by atoms with Crippen LogP contribution >= 0.6 is 0 Å². The molecule has 1 fully saturated rings. The number of aliphatic hydroxyl groups excluding tert-OH is 1. The Kier molecular flexibility index (Phi) is 15.7. The largest absolute Gasteiger partial charge is 1.00 e. The number of hydrogen-bond donors (Lipinski definition) is 1. The van der Waals surface area contributed by atoms with Gasteiger partial charge in [-0.15, -0.1) is 0 Å². The van der Waals surface area contributed by atoms with Gasteiger partial charge in [-0.1, -0.05) is 0 Å². The van der Waals surface area contributed by atoms with Crippen molar-refractivity contribution in [3.8, 4) is 0 Å². The van der Waals surface area contributed by atoms with Crippen LogP contribution in [0.4, 0.5) is 0 Å². The van der Waals surface area contributed by atoms with Crippen molar-refractivity contribution >= 4 is 0 Å². The van der Waals surface area contributed by atoms with Crippen LogP contribution in [0.3, 0.4) is 0 Å². The Hall–Kier alpha value is 0.960. The molecule has 1 saturated carbocycles. The van der Waals surface area contributed by atoms with Gasteiger partial charge in [-0.2, -0.15) is 0 Å². The SMILES string of the molecule is CO.[CH-]1CC1.[Na+]. The third kappa shape index (κ3) is 20.2. The molecule has 0 radical (unpaired) electrons. The zero-order chi connectivity index (χ0) is 4.12. The van der Waals surface area contributed by atoms with Gasteiger partial charge in [0, 0.05) is 7.11 Å².